The van der Waals surface area contributed by atoms with Gasteiger partial charge in [0.15, 0.2) is 5.13 Å². The molecule has 1 saturated heterocycles. The molecule has 0 bridgehead atoms. The second kappa shape index (κ2) is 10.9. The number of likely N-dealkylation sites (tertiary alicyclic amines) is 1. The van der Waals surface area contributed by atoms with E-state index in [2.05, 4.69) is 26.8 Å². The first kappa shape index (κ1) is 24.1. The maximum atomic E-state index is 12.6. The Morgan fingerprint density at radius 2 is 1.82 bits per heavy atom. The molecule has 1 aliphatic rings. The van der Waals surface area contributed by atoms with Gasteiger partial charge in [-0.15, -0.1) is 11.3 Å². The number of thiazole rings is 1. The van der Waals surface area contributed by atoms with Gasteiger partial charge in [0.2, 0.25) is 0 Å². The summed E-state index contributed by atoms with van der Waals surface area (Å²) in [6, 6.07) is 15.5. The average Bonchev–Trinajstić information content (AvgIpc) is 3.27. The molecule has 34 heavy (non-hydrogen) atoms. The number of carbonyl (C=O) groups is 1. The molecule has 0 atom stereocenters. The van der Waals surface area contributed by atoms with E-state index in [4.69, 9.17) is 0 Å². The molecule has 0 aliphatic carbocycles. The number of aromatic nitrogens is 1. The standard InChI is InChI=1S/C25H28N4O3S2/c1-19-11-14-29(15-12-19)17-23-18-33-25(26-23)27-24(30)21-7-9-22(10-8-21)28-34(31,32)16-13-20-5-3-2-4-6-20/h2-10,13,16,18-19,28H,11-12,14-15,17H2,1H3,(H,26,27,30)/b16-13+. The molecule has 9 heteroatoms. The fraction of sp³-hybridized carbons (Fsp3) is 0.280. The van der Waals surface area contributed by atoms with Crippen molar-refractivity contribution in [3.05, 3.63) is 82.2 Å². The van der Waals surface area contributed by atoms with Gasteiger partial charge in [-0.25, -0.2) is 13.4 Å². The second-order valence-electron chi connectivity index (χ2n) is 8.49. The lowest BCUT2D eigenvalue weighted by Crippen LogP contribution is -2.32. The largest absolute Gasteiger partial charge is 0.298 e. The van der Waals surface area contributed by atoms with Gasteiger partial charge in [0.1, 0.15) is 0 Å². The highest BCUT2D eigenvalue weighted by molar-refractivity contribution is 7.95. The predicted molar refractivity (Wildman–Crippen MR) is 138 cm³/mol. The van der Waals surface area contributed by atoms with Crippen LogP contribution < -0.4 is 10.0 Å². The number of nitrogens with zero attached hydrogens (tertiary/aromatic N) is 2. The van der Waals surface area contributed by atoms with Crippen molar-refractivity contribution in [2.75, 3.05) is 23.1 Å². The summed E-state index contributed by atoms with van der Waals surface area (Å²) >= 11 is 1.41. The number of hydrogen-bond acceptors (Lipinski definition) is 6. The van der Waals surface area contributed by atoms with Crippen LogP contribution in [0.1, 0.15) is 41.4 Å². The Balaban J connectivity index is 1.31. The second-order valence-corrected chi connectivity index (χ2v) is 10.9. The first-order valence-electron chi connectivity index (χ1n) is 11.2. The van der Waals surface area contributed by atoms with E-state index < -0.39 is 10.0 Å². The minimum Gasteiger partial charge on any atom is -0.298 e. The summed E-state index contributed by atoms with van der Waals surface area (Å²) in [7, 11) is -3.67. The van der Waals surface area contributed by atoms with Gasteiger partial charge < -0.3 is 0 Å². The number of nitrogens with one attached hydrogen (secondary N) is 2. The van der Waals surface area contributed by atoms with Crippen LogP contribution >= 0.6 is 11.3 Å². The van der Waals surface area contributed by atoms with Crippen molar-refractivity contribution in [2.24, 2.45) is 5.92 Å². The topological polar surface area (TPSA) is 91.4 Å². The number of rotatable bonds is 8. The number of benzene rings is 2. The maximum absolute atomic E-state index is 12.6. The summed E-state index contributed by atoms with van der Waals surface area (Å²) in [5, 5.41) is 6.49. The van der Waals surface area contributed by atoms with Crippen LogP contribution in [0.4, 0.5) is 10.8 Å². The molecule has 1 aliphatic heterocycles. The number of carbonyl (C=O) groups excluding carboxylic acids is 1. The molecule has 178 valence electrons. The van der Waals surface area contributed by atoms with E-state index >= 15 is 0 Å². The zero-order valence-electron chi connectivity index (χ0n) is 19.0. The summed E-state index contributed by atoms with van der Waals surface area (Å²) in [4.78, 5) is 19.5. The zero-order valence-corrected chi connectivity index (χ0v) is 20.6. The molecule has 7 nitrogen and oxygen atoms in total. The van der Waals surface area contributed by atoms with E-state index in [1.54, 1.807) is 24.3 Å². The van der Waals surface area contributed by atoms with Gasteiger partial charge in [-0.3, -0.25) is 19.7 Å². The molecule has 4 rings (SSSR count). The van der Waals surface area contributed by atoms with Gasteiger partial charge in [0.25, 0.3) is 15.9 Å². The van der Waals surface area contributed by atoms with Crippen molar-refractivity contribution in [3.8, 4) is 0 Å². The molecule has 0 spiro atoms. The van der Waals surface area contributed by atoms with Gasteiger partial charge in [-0.2, -0.15) is 0 Å². The predicted octanol–water partition coefficient (Wildman–Crippen LogP) is 5.04. The lowest BCUT2D eigenvalue weighted by atomic mass is 9.99. The molecule has 3 aromatic rings. The van der Waals surface area contributed by atoms with E-state index in [1.165, 1.54) is 30.3 Å². The number of sulfonamides is 1. The van der Waals surface area contributed by atoms with Gasteiger partial charge in [0.05, 0.1) is 11.1 Å². The van der Waals surface area contributed by atoms with E-state index in [1.807, 2.05) is 35.7 Å². The van der Waals surface area contributed by atoms with Crippen molar-refractivity contribution in [2.45, 2.75) is 26.3 Å². The molecule has 1 fully saturated rings. The molecular formula is C25H28N4O3S2. The molecule has 0 saturated carbocycles. The number of piperidine rings is 1. The Bertz CT molecular complexity index is 1230. The first-order chi connectivity index (χ1) is 16.4. The Hall–Kier alpha value is -3.01. The Labute approximate surface area is 204 Å². The quantitative estimate of drug-likeness (QED) is 0.456. The third-order valence-electron chi connectivity index (χ3n) is 5.68. The molecule has 1 amide bonds. The molecular weight excluding hydrogens is 468 g/mol. The maximum Gasteiger partial charge on any atom is 0.257 e. The fourth-order valence-electron chi connectivity index (χ4n) is 3.68. The third kappa shape index (κ3) is 6.99. The summed E-state index contributed by atoms with van der Waals surface area (Å²) < 4.78 is 27.1. The van der Waals surface area contributed by atoms with Crippen LogP contribution in [-0.4, -0.2) is 37.3 Å². The van der Waals surface area contributed by atoms with E-state index in [0.29, 0.717) is 16.4 Å². The Morgan fingerprint density at radius 1 is 1.12 bits per heavy atom. The average molecular weight is 497 g/mol. The lowest BCUT2D eigenvalue weighted by Gasteiger charge is -2.29. The van der Waals surface area contributed by atoms with E-state index in [0.717, 1.165) is 42.2 Å². The van der Waals surface area contributed by atoms with Crippen LogP contribution in [0.5, 0.6) is 0 Å². The summed E-state index contributed by atoms with van der Waals surface area (Å²) in [6.45, 7) is 5.25. The van der Waals surface area contributed by atoms with E-state index in [-0.39, 0.29) is 5.91 Å². The van der Waals surface area contributed by atoms with Gasteiger partial charge in [-0.05, 0) is 67.8 Å². The van der Waals surface area contributed by atoms with Gasteiger partial charge in [-0.1, -0.05) is 37.3 Å². The van der Waals surface area contributed by atoms with Crippen LogP contribution in [0.3, 0.4) is 0 Å². The molecule has 2 heterocycles. The van der Waals surface area contributed by atoms with Crippen molar-refractivity contribution >= 4 is 44.2 Å². The SMILES string of the molecule is CC1CCN(Cc2csc(NC(=O)c3ccc(NS(=O)(=O)/C=C/c4ccccc4)cc3)n2)CC1. The van der Waals surface area contributed by atoms with Gasteiger partial charge in [0, 0.05) is 23.2 Å². The first-order valence-corrected chi connectivity index (χ1v) is 13.6. The normalized spacial score (nSPS) is 15.4. The van der Waals surface area contributed by atoms with Crippen LogP contribution in [0, 0.1) is 5.92 Å². The monoisotopic (exact) mass is 496 g/mol. The minimum atomic E-state index is -3.67. The molecule has 0 radical (unpaired) electrons. The van der Waals surface area contributed by atoms with Crippen LogP contribution in [0.25, 0.3) is 6.08 Å². The van der Waals surface area contributed by atoms with Crippen LogP contribution in [0.2, 0.25) is 0 Å². The summed E-state index contributed by atoms with van der Waals surface area (Å²) in [5.74, 6) is 0.500. The molecule has 0 unspecified atom stereocenters. The molecule has 2 aromatic carbocycles. The zero-order chi connectivity index (χ0) is 24.0. The highest BCUT2D eigenvalue weighted by atomic mass is 32.2. The Kier molecular flexibility index (Phi) is 7.77. The van der Waals surface area contributed by atoms with Crippen molar-refractivity contribution in [1.82, 2.24) is 9.88 Å². The minimum absolute atomic E-state index is 0.286. The highest BCUT2D eigenvalue weighted by Gasteiger charge is 2.17. The van der Waals surface area contributed by atoms with Crippen LogP contribution in [-0.2, 0) is 16.6 Å². The third-order valence-corrected chi connectivity index (χ3v) is 7.50. The summed E-state index contributed by atoms with van der Waals surface area (Å²) in [5.41, 5.74) is 2.55. The molecule has 2 N–H and O–H groups in total. The number of hydrogen-bond donors (Lipinski definition) is 2. The van der Waals surface area contributed by atoms with Gasteiger partial charge >= 0.3 is 0 Å². The van der Waals surface area contributed by atoms with E-state index in [9.17, 15) is 13.2 Å². The Morgan fingerprint density at radius 3 is 2.53 bits per heavy atom. The highest BCUT2D eigenvalue weighted by Crippen LogP contribution is 2.22. The van der Waals surface area contributed by atoms with Crippen molar-refractivity contribution in [3.63, 3.8) is 0 Å². The van der Waals surface area contributed by atoms with Crippen molar-refractivity contribution in [1.29, 1.82) is 0 Å². The number of amides is 1. The smallest absolute Gasteiger partial charge is 0.257 e. The molecule has 1 aromatic heterocycles. The fourth-order valence-corrected chi connectivity index (χ4v) is 5.24. The summed E-state index contributed by atoms with van der Waals surface area (Å²) in [6.07, 6.45) is 3.95. The van der Waals surface area contributed by atoms with Crippen molar-refractivity contribution < 1.29 is 13.2 Å². The lowest BCUT2D eigenvalue weighted by molar-refractivity contribution is 0.102. The van der Waals surface area contributed by atoms with Crippen LogP contribution in [0.15, 0.2) is 65.4 Å². The number of anilines is 2.